The molecule has 2 aliphatic rings. The van der Waals surface area contributed by atoms with Crippen molar-refractivity contribution < 1.29 is 19.1 Å². The van der Waals surface area contributed by atoms with Crippen LogP contribution in [0.2, 0.25) is 0 Å². The number of carbonyl (C=O) groups is 2. The van der Waals surface area contributed by atoms with Crippen LogP contribution in [-0.4, -0.2) is 30.9 Å². The molecule has 0 bridgehead atoms. The minimum absolute atomic E-state index is 0.0115. The maximum absolute atomic E-state index is 13.0. The van der Waals surface area contributed by atoms with Crippen molar-refractivity contribution in [2.24, 2.45) is 5.92 Å². The standard InChI is InChI=1S/C20H18N2O4/c1-25-17-8-7-14(11-18(17)26-2)16(9-10-21)22-19(23)12-13-5-3-4-6-15(13)20(22)24/h3-8,11-12,15-16H,9H2,1-2H3. The number of carbonyl (C=O) groups excluding carboxylic acids is 2. The lowest BCUT2D eigenvalue weighted by Crippen LogP contribution is -2.45. The molecule has 1 aliphatic carbocycles. The third-order valence-corrected chi connectivity index (χ3v) is 4.48. The van der Waals surface area contributed by atoms with Crippen LogP contribution in [0.5, 0.6) is 11.5 Å². The maximum atomic E-state index is 13.0. The number of amides is 2. The molecule has 1 aromatic rings. The second kappa shape index (κ2) is 7.28. The van der Waals surface area contributed by atoms with Gasteiger partial charge in [0.25, 0.3) is 5.91 Å². The van der Waals surface area contributed by atoms with Crippen LogP contribution in [0.1, 0.15) is 18.0 Å². The Balaban J connectivity index is 2.03. The summed E-state index contributed by atoms with van der Waals surface area (Å²) in [5, 5.41) is 9.27. The molecule has 0 fully saturated rings. The molecule has 6 nitrogen and oxygen atoms in total. The van der Waals surface area contributed by atoms with Crippen molar-refractivity contribution in [2.75, 3.05) is 14.2 Å². The van der Waals surface area contributed by atoms with E-state index in [0.29, 0.717) is 22.6 Å². The summed E-state index contributed by atoms with van der Waals surface area (Å²) in [5.41, 5.74) is 1.31. The lowest BCUT2D eigenvalue weighted by molar-refractivity contribution is -0.147. The van der Waals surface area contributed by atoms with Crippen molar-refractivity contribution in [3.63, 3.8) is 0 Å². The first kappa shape index (κ1) is 17.5. The lowest BCUT2D eigenvalue weighted by atomic mass is 9.88. The Morgan fingerprint density at radius 3 is 2.65 bits per heavy atom. The van der Waals surface area contributed by atoms with E-state index in [2.05, 4.69) is 6.07 Å². The molecule has 3 rings (SSSR count). The summed E-state index contributed by atoms with van der Waals surface area (Å²) in [6.45, 7) is 0. The minimum Gasteiger partial charge on any atom is -0.493 e. The summed E-state index contributed by atoms with van der Waals surface area (Å²) in [6.07, 6.45) is 8.53. The molecule has 0 radical (unpaired) electrons. The van der Waals surface area contributed by atoms with E-state index >= 15 is 0 Å². The number of fused-ring (bicyclic) bond motifs is 1. The molecular weight excluding hydrogens is 332 g/mol. The number of hydrogen-bond donors (Lipinski definition) is 0. The van der Waals surface area contributed by atoms with Gasteiger partial charge in [-0.25, -0.2) is 0 Å². The molecule has 1 aliphatic heterocycles. The van der Waals surface area contributed by atoms with Crippen LogP contribution in [0.3, 0.4) is 0 Å². The monoisotopic (exact) mass is 350 g/mol. The number of hydrogen-bond acceptors (Lipinski definition) is 5. The van der Waals surface area contributed by atoms with Crippen LogP contribution in [-0.2, 0) is 9.59 Å². The molecule has 0 spiro atoms. The predicted molar refractivity (Wildman–Crippen MR) is 94.2 cm³/mol. The van der Waals surface area contributed by atoms with Crippen LogP contribution in [0, 0.1) is 17.2 Å². The molecule has 0 saturated heterocycles. The zero-order valence-electron chi connectivity index (χ0n) is 14.5. The zero-order chi connectivity index (χ0) is 18.7. The van der Waals surface area contributed by atoms with Gasteiger partial charge in [0.1, 0.15) is 0 Å². The van der Waals surface area contributed by atoms with Gasteiger partial charge in [-0.15, -0.1) is 0 Å². The van der Waals surface area contributed by atoms with Gasteiger partial charge in [0.15, 0.2) is 11.5 Å². The number of nitriles is 1. The number of benzene rings is 1. The minimum atomic E-state index is -0.697. The van der Waals surface area contributed by atoms with Crippen LogP contribution in [0.25, 0.3) is 0 Å². The van der Waals surface area contributed by atoms with Gasteiger partial charge in [-0.2, -0.15) is 5.26 Å². The van der Waals surface area contributed by atoms with E-state index in [4.69, 9.17) is 9.47 Å². The molecule has 0 aromatic heterocycles. The van der Waals surface area contributed by atoms with Crippen LogP contribution >= 0.6 is 0 Å². The van der Waals surface area contributed by atoms with E-state index in [1.165, 1.54) is 25.2 Å². The van der Waals surface area contributed by atoms with E-state index in [0.717, 1.165) is 0 Å². The number of ether oxygens (including phenoxy) is 2. The van der Waals surface area contributed by atoms with Gasteiger partial charge in [-0.05, 0) is 23.3 Å². The number of imide groups is 1. The molecule has 6 heteroatoms. The first-order valence-corrected chi connectivity index (χ1v) is 8.13. The van der Waals surface area contributed by atoms with Gasteiger partial charge in [0, 0.05) is 6.08 Å². The average Bonchev–Trinajstić information content (AvgIpc) is 2.66. The quantitative estimate of drug-likeness (QED) is 0.763. The topological polar surface area (TPSA) is 79.6 Å². The second-order valence-corrected chi connectivity index (χ2v) is 5.90. The van der Waals surface area contributed by atoms with Gasteiger partial charge >= 0.3 is 0 Å². The summed E-state index contributed by atoms with van der Waals surface area (Å²) in [5.74, 6) is -0.245. The van der Waals surface area contributed by atoms with Gasteiger partial charge in [0.2, 0.25) is 5.91 Å². The number of allylic oxidation sites excluding steroid dienone is 3. The molecule has 26 heavy (non-hydrogen) atoms. The second-order valence-electron chi connectivity index (χ2n) is 5.90. The lowest BCUT2D eigenvalue weighted by Gasteiger charge is -2.34. The average molecular weight is 350 g/mol. The van der Waals surface area contributed by atoms with E-state index < -0.39 is 17.9 Å². The Bertz CT molecular complexity index is 876. The summed E-state index contributed by atoms with van der Waals surface area (Å²) < 4.78 is 10.5. The molecule has 0 saturated carbocycles. The molecule has 132 valence electrons. The van der Waals surface area contributed by atoms with E-state index in [9.17, 15) is 14.9 Å². The number of nitrogens with zero attached hydrogens (tertiary/aromatic N) is 2. The van der Waals surface area contributed by atoms with Crippen molar-refractivity contribution in [2.45, 2.75) is 12.5 Å². The highest BCUT2D eigenvalue weighted by atomic mass is 16.5. The number of rotatable bonds is 5. The number of methoxy groups -OCH3 is 2. The SMILES string of the molecule is COc1ccc(C(CC#N)N2C(=O)C=C3C=CC=CC3C2=O)cc1OC. The highest BCUT2D eigenvalue weighted by Gasteiger charge is 2.39. The zero-order valence-corrected chi connectivity index (χ0v) is 14.5. The van der Waals surface area contributed by atoms with Crippen LogP contribution in [0.4, 0.5) is 0 Å². The summed E-state index contributed by atoms with van der Waals surface area (Å²) >= 11 is 0. The Kier molecular flexibility index (Phi) is 4.90. The fraction of sp³-hybridized carbons (Fsp3) is 0.250. The summed E-state index contributed by atoms with van der Waals surface area (Å²) in [6, 6.07) is 6.50. The Hall–Kier alpha value is -3.33. The molecule has 2 amide bonds. The van der Waals surface area contributed by atoms with Crippen molar-refractivity contribution in [1.82, 2.24) is 4.90 Å². The van der Waals surface area contributed by atoms with Gasteiger partial charge < -0.3 is 9.47 Å². The summed E-state index contributed by atoms with van der Waals surface area (Å²) in [7, 11) is 3.03. The first-order chi connectivity index (χ1) is 12.6. The smallest absolute Gasteiger partial charge is 0.254 e. The first-order valence-electron chi connectivity index (χ1n) is 8.13. The molecule has 1 heterocycles. The molecule has 0 N–H and O–H groups in total. The normalized spacial score (nSPS) is 19.5. The largest absolute Gasteiger partial charge is 0.493 e. The predicted octanol–water partition coefficient (Wildman–Crippen LogP) is 2.70. The third kappa shape index (κ3) is 3.00. The summed E-state index contributed by atoms with van der Waals surface area (Å²) in [4.78, 5) is 26.8. The van der Waals surface area contributed by atoms with Gasteiger partial charge in [-0.3, -0.25) is 14.5 Å². The Labute approximate surface area is 151 Å². The van der Waals surface area contributed by atoms with Gasteiger partial charge in [0.05, 0.1) is 38.7 Å². The van der Waals surface area contributed by atoms with Crippen molar-refractivity contribution >= 4 is 11.8 Å². The van der Waals surface area contributed by atoms with Crippen LogP contribution in [0.15, 0.2) is 54.2 Å². The van der Waals surface area contributed by atoms with E-state index in [1.807, 2.05) is 0 Å². The van der Waals surface area contributed by atoms with Crippen molar-refractivity contribution in [1.29, 1.82) is 5.26 Å². The van der Waals surface area contributed by atoms with Crippen LogP contribution < -0.4 is 9.47 Å². The Morgan fingerprint density at radius 1 is 1.19 bits per heavy atom. The Morgan fingerprint density at radius 2 is 1.96 bits per heavy atom. The highest BCUT2D eigenvalue weighted by molar-refractivity contribution is 6.08. The van der Waals surface area contributed by atoms with Gasteiger partial charge in [-0.1, -0.05) is 30.4 Å². The third-order valence-electron chi connectivity index (χ3n) is 4.48. The fourth-order valence-corrected chi connectivity index (χ4v) is 3.20. The molecule has 2 atom stereocenters. The maximum Gasteiger partial charge on any atom is 0.254 e. The molecule has 1 aromatic carbocycles. The van der Waals surface area contributed by atoms with Crippen molar-refractivity contribution in [3.05, 3.63) is 59.7 Å². The fourth-order valence-electron chi connectivity index (χ4n) is 3.20. The highest BCUT2D eigenvalue weighted by Crippen LogP contribution is 2.36. The molecular formula is C20H18N2O4. The molecule has 2 unspecified atom stereocenters. The van der Waals surface area contributed by atoms with Crippen molar-refractivity contribution in [3.8, 4) is 17.6 Å². The van der Waals surface area contributed by atoms with E-state index in [-0.39, 0.29) is 12.3 Å². The van der Waals surface area contributed by atoms with E-state index in [1.54, 1.807) is 42.5 Å².